The summed E-state index contributed by atoms with van der Waals surface area (Å²) in [6.07, 6.45) is 6.73. The molecular formula is C15H27N3OS. The molecule has 1 aliphatic heterocycles. The molecule has 1 fully saturated rings. The Hall–Kier alpha value is -0.710. The molecule has 0 aromatic heterocycles. The number of rotatable bonds is 3. The highest BCUT2D eigenvalue weighted by Gasteiger charge is 2.35. The van der Waals surface area contributed by atoms with E-state index in [-0.39, 0.29) is 18.0 Å². The van der Waals surface area contributed by atoms with Crippen molar-refractivity contribution < 1.29 is 4.79 Å². The van der Waals surface area contributed by atoms with Gasteiger partial charge in [0.1, 0.15) is 6.04 Å². The Morgan fingerprint density at radius 2 is 1.95 bits per heavy atom. The Kier molecular flexibility index (Phi) is 5.35. The first-order chi connectivity index (χ1) is 9.51. The fourth-order valence-electron chi connectivity index (χ4n) is 2.90. The average Bonchev–Trinajstić information content (AvgIpc) is 2.42. The van der Waals surface area contributed by atoms with Gasteiger partial charge < -0.3 is 10.6 Å². The van der Waals surface area contributed by atoms with E-state index in [1.54, 1.807) is 11.8 Å². The molecule has 0 radical (unpaired) electrons. The highest BCUT2D eigenvalue weighted by molar-refractivity contribution is 8.13. The summed E-state index contributed by atoms with van der Waals surface area (Å²) in [5.74, 6) is 1.19. The first-order valence-corrected chi connectivity index (χ1v) is 8.73. The quantitative estimate of drug-likeness (QED) is 0.842. The molecule has 0 aromatic rings. The van der Waals surface area contributed by atoms with Crippen LogP contribution < -0.4 is 10.6 Å². The molecule has 0 aromatic carbocycles. The monoisotopic (exact) mass is 297 g/mol. The Morgan fingerprint density at radius 1 is 1.25 bits per heavy atom. The van der Waals surface area contributed by atoms with Crippen LogP contribution in [0.4, 0.5) is 0 Å². The standard InChI is InChI=1S/C15H27N3OS/c1-11(2)17-13(19)12(3)18-14-16-9-15(10-20-14)7-5-4-6-8-15/h11-12H,4-10H2,1-3H3,(H,16,18)(H,17,19). The third-order valence-electron chi connectivity index (χ3n) is 4.15. The highest BCUT2D eigenvalue weighted by atomic mass is 32.2. The molecule has 1 heterocycles. The number of nitrogens with zero attached hydrogens (tertiary/aromatic N) is 1. The molecule has 114 valence electrons. The van der Waals surface area contributed by atoms with Crippen molar-refractivity contribution in [1.82, 2.24) is 10.6 Å². The molecule has 2 N–H and O–H groups in total. The van der Waals surface area contributed by atoms with E-state index in [1.165, 1.54) is 32.1 Å². The second-order valence-electron chi connectivity index (χ2n) is 6.50. The van der Waals surface area contributed by atoms with Crippen LogP contribution in [0.5, 0.6) is 0 Å². The number of carbonyl (C=O) groups is 1. The van der Waals surface area contributed by atoms with Crippen molar-refractivity contribution in [2.75, 3.05) is 12.3 Å². The summed E-state index contributed by atoms with van der Waals surface area (Å²) in [5, 5.41) is 7.11. The van der Waals surface area contributed by atoms with Crippen molar-refractivity contribution in [2.45, 2.75) is 65.0 Å². The smallest absolute Gasteiger partial charge is 0.242 e. The van der Waals surface area contributed by atoms with Crippen molar-refractivity contribution in [3.05, 3.63) is 0 Å². The Balaban J connectivity index is 1.84. The maximum absolute atomic E-state index is 11.9. The minimum Gasteiger partial charge on any atom is -0.353 e. The van der Waals surface area contributed by atoms with Crippen LogP contribution in [0.3, 0.4) is 0 Å². The van der Waals surface area contributed by atoms with Crippen molar-refractivity contribution >= 4 is 22.8 Å². The van der Waals surface area contributed by atoms with Crippen molar-refractivity contribution in [2.24, 2.45) is 10.4 Å². The van der Waals surface area contributed by atoms with Gasteiger partial charge in [0.15, 0.2) is 5.17 Å². The SMILES string of the molecule is CC(C)NC(=O)C(C)NC1=NCC2(CCCCC2)CS1. The second kappa shape index (κ2) is 6.83. The molecule has 1 spiro atoms. The molecule has 5 heteroatoms. The van der Waals surface area contributed by atoms with Crippen LogP contribution in [0.25, 0.3) is 0 Å². The van der Waals surface area contributed by atoms with Gasteiger partial charge in [0.25, 0.3) is 0 Å². The summed E-state index contributed by atoms with van der Waals surface area (Å²) >= 11 is 1.79. The second-order valence-corrected chi connectivity index (χ2v) is 7.46. The Labute approximate surface area is 126 Å². The van der Waals surface area contributed by atoms with Crippen LogP contribution in [-0.4, -0.2) is 35.5 Å². The lowest BCUT2D eigenvalue weighted by molar-refractivity contribution is -0.122. The lowest BCUT2D eigenvalue weighted by atomic mass is 9.75. The van der Waals surface area contributed by atoms with E-state index in [2.05, 4.69) is 10.6 Å². The lowest BCUT2D eigenvalue weighted by Crippen LogP contribution is -2.47. The first-order valence-electron chi connectivity index (χ1n) is 7.75. The highest BCUT2D eigenvalue weighted by Crippen LogP contribution is 2.41. The van der Waals surface area contributed by atoms with Crippen molar-refractivity contribution in [3.8, 4) is 0 Å². The van der Waals surface area contributed by atoms with Gasteiger partial charge in [-0.1, -0.05) is 31.0 Å². The molecule has 2 rings (SSSR count). The van der Waals surface area contributed by atoms with E-state index in [0.29, 0.717) is 5.41 Å². The predicted octanol–water partition coefficient (Wildman–Crippen LogP) is 2.54. The lowest BCUT2D eigenvalue weighted by Gasteiger charge is -2.38. The number of hydrogen-bond donors (Lipinski definition) is 2. The van der Waals surface area contributed by atoms with Crippen LogP contribution in [0.2, 0.25) is 0 Å². The van der Waals surface area contributed by atoms with E-state index >= 15 is 0 Å². The summed E-state index contributed by atoms with van der Waals surface area (Å²) in [7, 11) is 0. The Morgan fingerprint density at radius 3 is 2.50 bits per heavy atom. The summed E-state index contributed by atoms with van der Waals surface area (Å²) in [5.41, 5.74) is 0.442. The third-order valence-corrected chi connectivity index (χ3v) is 5.43. The molecule has 20 heavy (non-hydrogen) atoms. The first kappa shape index (κ1) is 15.7. The third kappa shape index (κ3) is 4.14. The van der Waals surface area contributed by atoms with Gasteiger partial charge in [0.2, 0.25) is 5.91 Å². The molecule has 1 saturated carbocycles. The van der Waals surface area contributed by atoms with Gasteiger partial charge in [-0.05, 0) is 39.0 Å². The molecular weight excluding hydrogens is 270 g/mol. The van der Waals surface area contributed by atoms with Gasteiger partial charge in [-0.2, -0.15) is 0 Å². The summed E-state index contributed by atoms with van der Waals surface area (Å²) in [4.78, 5) is 16.6. The van der Waals surface area contributed by atoms with Gasteiger partial charge in [0.05, 0.1) is 0 Å². The van der Waals surface area contributed by atoms with E-state index in [9.17, 15) is 4.79 Å². The minimum absolute atomic E-state index is 0.0428. The van der Waals surface area contributed by atoms with Crippen LogP contribution in [0, 0.1) is 5.41 Å². The van der Waals surface area contributed by atoms with E-state index < -0.39 is 0 Å². The maximum Gasteiger partial charge on any atom is 0.242 e. The van der Waals surface area contributed by atoms with E-state index in [0.717, 1.165) is 17.5 Å². The number of carbonyl (C=O) groups excluding carboxylic acids is 1. The predicted molar refractivity (Wildman–Crippen MR) is 86.2 cm³/mol. The van der Waals surface area contributed by atoms with Crippen LogP contribution >= 0.6 is 11.8 Å². The summed E-state index contributed by atoms with van der Waals surface area (Å²) in [6, 6.07) is -0.0396. The fraction of sp³-hybridized carbons (Fsp3) is 0.867. The zero-order valence-electron chi connectivity index (χ0n) is 12.9. The largest absolute Gasteiger partial charge is 0.353 e. The summed E-state index contributed by atoms with van der Waals surface area (Å²) < 4.78 is 0. The number of aliphatic imine (C=N–C) groups is 1. The normalized spacial score (nSPS) is 23.3. The Bertz CT molecular complexity index is 375. The van der Waals surface area contributed by atoms with E-state index in [4.69, 9.17) is 4.99 Å². The fourth-order valence-corrected chi connectivity index (χ4v) is 4.14. The molecule has 2 aliphatic rings. The van der Waals surface area contributed by atoms with Gasteiger partial charge in [-0.25, -0.2) is 0 Å². The summed E-state index contributed by atoms with van der Waals surface area (Å²) in [6.45, 7) is 6.78. The topological polar surface area (TPSA) is 53.5 Å². The molecule has 1 aliphatic carbocycles. The number of amides is 1. The van der Waals surface area contributed by atoms with Crippen molar-refractivity contribution in [3.63, 3.8) is 0 Å². The molecule has 1 atom stereocenters. The van der Waals surface area contributed by atoms with Gasteiger partial charge in [-0.3, -0.25) is 9.79 Å². The van der Waals surface area contributed by atoms with E-state index in [1.807, 2.05) is 20.8 Å². The van der Waals surface area contributed by atoms with Gasteiger partial charge in [-0.15, -0.1) is 0 Å². The molecule has 0 bridgehead atoms. The van der Waals surface area contributed by atoms with Gasteiger partial charge in [0, 0.05) is 18.3 Å². The number of nitrogens with one attached hydrogen (secondary N) is 2. The number of hydrogen-bond acceptors (Lipinski definition) is 4. The molecule has 1 unspecified atom stereocenters. The molecule has 1 amide bonds. The van der Waals surface area contributed by atoms with Crippen molar-refractivity contribution in [1.29, 1.82) is 0 Å². The minimum atomic E-state index is -0.218. The number of thioether (sulfide) groups is 1. The van der Waals surface area contributed by atoms with Crippen LogP contribution in [0.1, 0.15) is 52.9 Å². The average molecular weight is 297 g/mol. The van der Waals surface area contributed by atoms with Gasteiger partial charge >= 0.3 is 0 Å². The zero-order chi connectivity index (χ0) is 14.6. The number of amidine groups is 1. The van der Waals surface area contributed by atoms with Crippen LogP contribution in [-0.2, 0) is 4.79 Å². The van der Waals surface area contributed by atoms with Crippen LogP contribution in [0.15, 0.2) is 4.99 Å². The maximum atomic E-state index is 11.9. The molecule has 4 nitrogen and oxygen atoms in total. The zero-order valence-corrected chi connectivity index (χ0v) is 13.7. The molecule has 0 saturated heterocycles.